The predicted octanol–water partition coefficient (Wildman–Crippen LogP) is 4.75. The van der Waals surface area contributed by atoms with Crippen LogP contribution in [0.3, 0.4) is 0 Å². The molecule has 3 nitrogen and oxygen atoms in total. The molecule has 0 aliphatic carbocycles. The average molecular weight is 290 g/mol. The third kappa shape index (κ3) is 3.52. The fourth-order valence-electron chi connectivity index (χ4n) is 1.85. The average Bonchev–Trinajstić information content (AvgIpc) is 2.79. The van der Waals surface area contributed by atoms with E-state index >= 15 is 0 Å². The van der Waals surface area contributed by atoms with Crippen LogP contribution in [0.5, 0.6) is 0 Å². The van der Waals surface area contributed by atoms with Gasteiger partial charge in [0, 0.05) is 22.5 Å². The number of furan rings is 1. The van der Waals surface area contributed by atoms with Crippen molar-refractivity contribution in [1.29, 1.82) is 0 Å². The van der Waals surface area contributed by atoms with E-state index in [9.17, 15) is 4.79 Å². The molecule has 0 bridgehead atoms. The van der Waals surface area contributed by atoms with Gasteiger partial charge in [-0.25, -0.2) is 0 Å². The molecule has 2 aromatic rings. The van der Waals surface area contributed by atoms with Crippen molar-refractivity contribution < 1.29 is 9.21 Å². The molecule has 0 atom stereocenters. The van der Waals surface area contributed by atoms with Gasteiger partial charge < -0.3 is 9.73 Å². The van der Waals surface area contributed by atoms with Gasteiger partial charge in [-0.05, 0) is 56.7 Å². The van der Waals surface area contributed by atoms with Gasteiger partial charge in [0.15, 0.2) is 5.76 Å². The van der Waals surface area contributed by atoms with E-state index in [2.05, 4.69) is 5.32 Å². The van der Waals surface area contributed by atoms with E-state index in [4.69, 9.17) is 16.0 Å². The largest absolute Gasteiger partial charge is 0.458 e. The maximum Gasteiger partial charge on any atom is 0.222 e. The number of halogens is 1. The first-order valence-corrected chi connectivity index (χ1v) is 6.66. The van der Waals surface area contributed by atoms with Crippen LogP contribution >= 0.6 is 11.6 Å². The van der Waals surface area contributed by atoms with Gasteiger partial charge in [0.25, 0.3) is 0 Å². The summed E-state index contributed by atoms with van der Waals surface area (Å²) < 4.78 is 5.30. The first-order valence-electron chi connectivity index (χ1n) is 6.28. The summed E-state index contributed by atoms with van der Waals surface area (Å²) in [5.41, 5.74) is 2.69. The standard InChI is InChI=1S/C16H16ClNO2/c1-10-8-13(17)5-6-14(10)18-11(2)9-15(19)16-7-4-12(3)20-16/h4-9,18H,1-3H3/b11-9+. The van der Waals surface area contributed by atoms with Gasteiger partial charge in [-0.1, -0.05) is 11.6 Å². The minimum Gasteiger partial charge on any atom is -0.458 e. The maximum absolute atomic E-state index is 12.0. The highest BCUT2D eigenvalue weighted by Crippen LogP contribution is 2.21. The Morgan fingerprint density at radius 2 is 2.00 bits per heavy atom. The number of allylic oxidation sites excluding steroid dienone is 2. The highest BCUT2D eigenvalue weighted by Gasteiger charge is 2.08. The molecule has 0 unspecified atom stereocenters. The lowest BCUT2D eigenvalue weighted by atomic mass is 10.2. The number of nitrogens with one attached hydrogen (secondary N) is 1. The zero-order valence-electron chi connectivity index (χ0n) is 11.7. The quantitative estimate of drug-likeness (QED) is 0.652. The molecule has 1 N–H and O–H groups in total. The lowest BCUT2D eigenvalue weighted by Gasteiger charge is -2.09. The summed E-state index contributed by atoms with van der Waals surface area (Å²) in [7, 11) is 0. The Hall–Kier alpha value is -2.00. The number of rotatable bonds is 4. The highest BCUT2D eigenvalue weighted by atomic mass is 35.5. The van der Waals surface area contributed by atoms with E-state index in [-0.39, 0.29) is 5.78 Å². The first-order chi connectivity index (χ1) is 9.45. The predicted molar refractivity (Wildman–Crippen MR) is 81.3 cm³/mol. The Kier molecular flexibility index (Phi) is 4.30. The second-order valence-electron chi connectivity index (χ2n) is 4.69. The van der Waals surface area contributed by atoms with Crippen LogP contribution in [0.25, 0.3) is 0 Å². The van der Waals surface area contributed by atoms with Crippen molar-refractivity contribution in [2.45, 2.75) is 20.8 Å². The van der Waals surface area contributed by atoms with Crippen molar-refractivity contribution in [2.75, 3.05) is 5.32 Å². The summed E-state index contributed by atoms with van der Waals surface area (Å²) in [6.07, 6.45) is 1.52. The second-order valence-corrected chi connectivity index (χ2v) is 5.12. The van der Waals surface area contributed by atoms with Gasteiger partial charge in [0.1, 0.15) is 5.76 Å². The van der Waals surface area contributed by atoms with Gasteiger partial charge in [0.05, 0.1) is 0 Å². The third-order valence-corrected chi connectivity index (χ3v) is 3.09. The second kappa shape index (κ2) is 5.97. The van der Waals surface area contributed by atoms with Crippen LogP contribution < -0.4 is 5.32 Å². The number of ketones is 1. The molecule has 0 radical (unpaired) electrons. The summed E-state index contributed by atoms with van der Waals surface area (Å²) >= 11 is 5.91. The molecule has 0 saturated carbocycles. The summed E-state index contributed by atoms with van der Waals surface area (Å²) in [5.74, 6) is 0.909. The van der Waals surface area contributed by atoms with Crippen molar-refractivity contribution in [3.8, 4) is 0 Å². The van der Waals surface area contributed by atoms with Crippen LogP contribution in [0.1, 0.15) is 28.8 Å². The first kappa shape index (κ1) is 14.4. The lowest BCUT2D eigenvalue weighted by molar-refractivity contribution is 0.102. The molecule has 0 aliphatic heterocycles. The molecule has 1 heterocycles. The Morgan fingerprint density at radius 1 is 1.25 bits per heavy atom. The zero-order chi connectivity index (χ0) is 14.7. The third-order valence-electron chi connectivity index (χ3n) is 2.85. The molecule has 1 aromatic carbocycles. The highest BCUT2D eigenvalue weighted by molar-refractivity contribution is 6.30. The monoisotopic (exact) mass is 289 g/mol. The number of carbonyl (C=O) groups excluding carboxylic acids is 1. The van der Waals surface area contributed by atoms with E-state index in [1.54, 1.807) is 12.1 Å². The molecule has 0 aliphatic rings. The molecule has 1 aromatic heterocycles. The molecule has 20 heavy (non-hydrogen) atoms. The number of anilines is 1. The van der Waals surface area contributed by atoms with Crippen molar-refractivity contribution >= 4 is 23.1 Å². The molecular weight excluding hydrogens is 274 g/mol. The van der Waals surface area contributed by atoms with Crippen LogP contribution in [0, 0.1) is 13.8 Å². The number of aryl methyl sites for hydroxylation is 2. The van der Waals surface area contributed by atoms with E-state index in [0.717, 1.165) is 22.7 Å². The minimum atomic E-state index is -0.158. The number of hydrogen-bond donors (Lipinski definition) is 1. The Morgan fingerprint density at radius 3 is 2.60 bits per heavy atom. The number of hydrogen-bond acceptors (Lipinski definition) is 3. The van der Waals surface area contributed by atoms with Crippen molar-refractivity contribution in [3.05, 3.63) is 64.2 Å². The maximum atomic E-state index is 12.0. The summed E-state index contributed by atoms with van der Waals surface area (Å²) in [6, 6.07) is 9.01. The van der Waals surface area contributed by atoms with Crippen LogP contribution in [0.15, 0.2) is 46.5 Å². The molecule has 0 spiro atoms. The summed E-state index contributed by atoms with van der Waals surface area (Å²) in [4.78, 5) is 12.0. The van der Waals surface area contributed by atoms with Gasteiger partial charge in [-0.2, -0.15) is 0 Å². The van der Waals surface area contributed by atoms with E-state index in [0.29, 0.717) is 10.8 Å². The fourth-order valence-corrected chi connectivity index (χ4v) is 2.08. The van der Waals surface area contributed by atoms with Crippen LogP contribution in [-0.4, -0.2) is 5.78 Å². The topological polar surface area (TPSA) is 42.2 Å². The van der Waals surface area contributed by atoms with Crippen LogP contribution in [0.4, 0.5) is 5.69 Å². The van der Waals surface area contributed by atoms with E-state index in [1.807, 2.05) is 39.0 Å². The van der Waals surface area contributed by atoms with Crippen molar-refractivity contribution in [1.82, 2.24) is 0 Å². The normalized spacial score (nSPS) is 11.5. The van der Waals surface area contributed by atoms with Crippen molar-refractivity contribution in [2.24, 2.45) is 0 Å². The molecule has 0 fully saturated rings. The Bertz CT molecular complexity index is 671. The molecule has 104 valence electrons. The fraction of sp³-hybridized carbons (Fsp3) is 0.188. The molecule has 0 amide bonds. The van der Waals surface area contributed by atoms with Crippen LogP contribution in [-0.2, 0) is 0 Å². The van der Waals surface area contributed by atoms with Crippen molar-refractivity contribution in [3.63, 3.8) is 0 Å². The summed E-state index contributed by atoms with van der Waals surface area (Å²) in [5, 5.41) is 3.88. The van der Waals surface area contributed by atoms with E-state index in [1.165, 1.54) is 6.08 Å². The van der Waals surface area contributed by atoms with Gasteiger partial charge in [-0.15, -0.1) is 0 Å². The van der Waals surface area contributed by atoms with Crippen LogP contribution in [0.2, 0.25) is 5.02 Å². The van der Waals surface area contributed by atoms with Gasteiger partial charge >= 0.3 is 0 Å². The lowest BCUT2D eigenvalue weighted by Crippen LogP contribution is -2.01. The molecule has 0 saturated heterocycles. The molecule has 4 heteroatoms. The zero-order valence-corrected chi connectivity index (χ0v) is 12.4. The molecular formula is C16H16ClNO2. The number of benzene rings is 1. The van der Waals surface area contributed by atoms with Gasteiger partial charge in [0.2, 0.25) is 5.78 Å². The molecule has 2 rings (SSSR count). The van der Waals surface area contributed by atoms with E-state index < -0.39 is 0 Å². The smallest absolute Gasteiger partial charge is 0.222 e. The Balaban J connectivity index is 2.13. The summed E-state index contributed by atoms with van der Waals surface area (Å²) in [6.45, 7) is 5.60. The Labute approximate surface area is 123 Å². The minimum absolute atomic E-state index is 0.158. The number of carbonyl (C=O) groups is 1. The SMILES string of the molecule is C/C(=C\C(=O)c1ccc(C)o1)Nc1ccc(Cl)cc1C. The van der Waals surface area contributed by atoms with Gasteiger partial charge in [-0.3, -0.25) is 4.79 Å².